The van der Waals surface area contributed by atoms with E-state index in [-0.39, 0.29) is 0 Å². The smallest absolute Gasteiger partial charge is 0.0862 e. The second-order valence-electron chi connectivity index (χ2n) is 1.99. The van der Waals surface area contributed by atoms with Crippen LogP contribution in [-0.4, -0.2) is 4.98 Å². The Morgan fingerprint density at radius 2 is 2.27 bits per heavy atom. The van der Waals surface area contributed by atoms with Crippen molar-refractivity contribution in [1.29, 1.82) is 0 Å². The normalized spacial score (nSPS) is 30.9. The zero-order chi connectivity index (χ0) is 18.6. The monoisotopic (exact) mass is 162 g/mol. The van der Waals surface area contributed by atoms with E-state index in [1.165, 1.54) is 0 Å². The Balaban J connectivity index is 4.11. The third-order valence-electron chi connectivity index (χ3n) is 0.959. The summed E-state index contributed by atoms with van der Waals surface area (Å²) in [6.07, 6.45) is -0.858. The van der Waals surface area contributed by atoms with Crippen molar-refractivity contribution in [2.24, 2.45) is 0 Å². The van der Waals surface area contributed by atoms with Gasteiger partial charge in [-0.3, -0.25) is 4.98 Å². The summed E-state index contributed by atoms with van der Waals surface area (Å²) in [6, 6.07) is -1.89. The molecule has 0 aromatic carbocycles. The Morgan fingerprint density at radius 3 is 2.91 bits per heavy atom. The quantitative estimate of drug-likeness (QED) is 0.633. The van der Waals surface area contributed by atoms with E-state index in [1.807, 2.05) is 0 Å². The van der Waals surface area contributed by atoms with Gasteiger partial charge in [0.25, 0.3) is 0 Å². The average Bonchev–Trinajstić information content (AvgIpc) is 2.28. The van der Waals surface area contributed by atoms with E-state index in [1.54, 1.807) is 0 Å². The van der Waals surface area contributed by atoms with Crippen molar-refractivity contribution in [2.75, 3.05) is 5.73 Å². The van der Waals surface area contributed by atoms with Gasteiger partial charge in [0.2, 0.25) is 0 Å². The zero-order valence-electron chi connectivity index (χ0n) is 17.5. The van der Waals surface area contributed by atoms with E-state index >= 15 is 0 Å². The van der Waals surface area contributed by atoms with Gasteiger partial charge in [0, 0.05) is 23.4 Å². The summed E-state index contributed by atoms with van der Waals surface area (Å²) in [5.74, 6) is 0. The molecule has 0 aliphatic heterocycles. The minimum Gasteiger partial charge on any atom is -0.397 e. The molecule has 60 valence electrons. The second kappa shape index (κ2) is 2.53. The van der Waals surface area contributed by atoms with Crippen LogP contribution < -0.4 is 5.73 Å². The fourth-order valence-corrected chi connectivity index (χ4v) is 0.476. The SMILES string of the molecule is [2H]c1nc(C(C([2H])([2H])[2H])(C([2H])([2H])[2H])C([2H])([2H])[2H])c([2H])c([2H])c1N. The summed E-state index contributed by atoms with van der Waals surface area (Å²) in [5, 5.41) is 0. The number of anilines is 1. The lowest BCUT2D eigenvalue weighted by atomic mass is 9.92. The molecule has 0 aliphatic carbocycles. The molecule has 2 N–H and O–H groups in total. The highest BCUT2D eigenvalue weighted by Gasteiger charge is 2.13. The lowest BCUT2D eigenvalue weighted by Crippen LogP contribution is -2.13. The van der Waals surface area contributed by atoms with Crippen LogP contribution in [0.25, 0.3) is 0 Å². The topological polar surface area (TPSA) is 38.9 Å². The molecule has 0 unspecified atom stereocenters. The van der Waals surface area contributed by atoms with Gasteiger partial charge >= 0.3 is 0 Å². The minimum atomic E-state index is -3.61. The lowest BCUT2D eigenvalue weighted by Gasteiger charge is -2.16. The number of rotatable bonds is 0. The second-order valence-corrected chi connectivity index (χ2v) is 1.99. The van der Waals surface area contributed by atoms with Crippen molar-refractivity contribution in [2.45, 2.75) is 26.0 Å². The van der Waals surface area contributed by atoms with Crippen LogP contribution >= 0.6 is 0 Å². The summed E-state index contributed by atoms with van der Waals surface area (Å²) in [4.78, 5) is 3.36. The average molecular weight is 162 g/mol. The third kappa shape index (κ3) is 1.93. The molecule has 0 amide bonds. The molecule has 0 saturated heterocycles. The Morgan fingerprint density at radius 1 is 1.55 bits per heavy atom. The number of aromatic nitrogens is 1. The first kappa shape index (κ1) is 1.65. The highest BCUT2D eigenvalue weighted by atomic mass is 14.7. The van der Waals surface area contributed by atoms with E-state index in [4.69, 9.17) is 22.2 Å². The van der Waals surface area contributed by atoms with Crippen LogP contribution in [0.5, 0.6) is 0 Å². The molecule has 2 heteroatoms. The summed E-state index contributed by atoms with van der Waals surface area (Å²) in [7, 11) is 0. The van der Waals surface area contributed by atoms with Gasteiger partial charge in [-0.2, -0.15) is 0 Å². The van der Waals surface area contributed by atoms with Gasteiger partial charge in [0.1, 0.15) is 0 Å². The van der Waals surface area contributed by atoms with Crippen molar-refractivity contribution < 1.29 is 16.4 Å². The van der Waals surface area contributed by atoms with E-state index < -0.39 is 55.6 Å². The molecule has 1 aromatic rings. The van der Waals surface area contributed by atoms with Gasteiger partial charge in [-0.05, 0) is 12.1 Å². The summed E-state index contributed by atoms with van der Waals surface area (Å²) >= 11 is 0. The van der Waals surface area contributed by atoms with Crippen molar-refractivity contribution in [3.63, 3.8) is 0 Å². The molecule has 0 radical (unpaired) electrons. The summed E-state index contributed by atoms with van der Waals surface area (Å²) < 4.78 is 90.5. The van der Waals surface area contributed by atoms with Crippen LogP contribution in [0.1, 0.15) is 42.7 Å². The van der Waals surface area contributed by atoms with Gasteiger partial charge in [-0.25, -0.2) is 0 Å². The van der Waals surface area contributed by atoms with Crippen LogP contribution in [-0.2, 0) is 5.41 Å². The fourth-order valence-electron chi connectivity index (χ4n) is 0.476. The summed E-state index contributed by atoms with van der Waals surface area (Å²) in [6.45, 7) is -10.8. The maximum absolute atomic E-state index is 7.77. The maximum atomic E-state index is 7.77. The Bertz CT molecular complexity index is 575. The van der Waals surface area contributed by atoms with Crippen LogP contribution in [0.3, 0.4) is 0 Å². The Hall–Kier alpha value is -1.05. The first-order valence-corrected chi connectivity index (χ1v) is 2.74. The Labute approximate surface area is 84.3 Å². The first-order valence-electron chi connectivity index (χ1n) is 8.74. The molecule has 1 rings (SSSR count). The Kier molecular flexibility index (Phi) is 0.381. The van der Waals surface area contributed by atoms with Gasteiger partial charge in [-0.1, -0.05) is 20.6 Å². The predicted molar refractivity (Wildman–Crippen MR) is 47.3 cm³/mol. The molecule has 0 fully saturated rings. The highest BCUT2D eigenvalue weighted by molar-refractivity contribution is 5.35. The van der Waals surface area contributed by atoms with Gasteiger partial charge in [-0.15, -0.1) is 0 Å². The predicted octanol–water partition coefficient (Wildman–Crippen LogP) is 1.96. The number of nitrogen functional groups attached to an aromatic ring is 1. The largest absolute Gasteiger partial charge is 0.397 e. The number of hydrogen-bond donors (Lipinski definition) is 1. The molecule has 2 nitrogen and oxygen atoms in total. The molecule has 0 bridgehead atoms. The molecular formula is C9H14N2. The first-order chi connectivity index (χ1) is 10.00. The third-order valence-corrected chi connectivity index (χ3v) is 0.959. The number of nitrogens with two attached hydrogens (primary N) is 1. The lowest BCUT2D eigenvalue weighted by molar-refractivity contribution is 0.569. The molecule has 0 saturated carbocycles. The van der Waals surface area contributed by atoms with Crippen molar-refractivity contribution in [1.82, 2.24) is 4.98 Å². The molecule has 1 aromatic heterocycles. The summed E-state index contributed by atoms with van der Waals surface area (Å²) in [5.41, 5.74) is 0.0645. The number of pyridine rings is 1. The van der Waals surface area contributed by atoms with Crippen molar-refractivity contribution >= 4 is 5.69 Å². The van der Waals surface area contributed by atoms with Crippen LogP contribution in [0.2, 0.25) is 0 Å². The van der Waals surface area contributed by atoms with Crippen molar-refractivity contribution in [3.8, 4) is 0 Å². The van der Waals surface area contributed by atoms with E-state index in [9.17, 15) is 0 Å². The fraction of sp³-hybridized carbons (Fsp3) is 0.444. The molecule has 0 atom stereocenters. The van der Waals surface area contributed by atoms with Gasteiger partial charge in [0.05, 0.1) is 16.0 Å². The van der Waals surface area contributed by atoms with Crippen LogP contribution in [0.4, 0.5) is 5.69 Å². The molecular weight excluding hydrogens is 136 g/mol. The number of hydrogen-bond acceptors (Lipinski definition) is 2. The van der Waals surface area contributed by atoms with Crippen LogP contribution in [0.15, 0.2) is 18.3 Å². The number of nitrogens with zero attached hydrogens (tertiary/aromatic N) is 1. The van der Waals surface area contributed by atoms with Crippen LogP contribution in [0, 0.1) is 0 Å². The molecule has 11 heavy (non-hydrogen) atoms. The van der Waals surface area contributed by atoms with Crippen molar-refractivity contribution in [3.05, 3.63) is 24.0 Å². The standard InChI is InChI=1S/C9H14N2/c1-9(2,3)8-5-4-7(10)6-11-8/h4-6H,10H2,1-3H3/i1D3,2D3,3D3,4D,5D,6D. The van der Waals surface area contributed by atoms with E-state index in [0.29, 0.717) is 0 Å². The zero-order valence-corrected chi connectivity index (χ0v) is 5.52. The molecule has 1 heterocycles. The molecule has 0 aliphatic rings. The van der Waals surface area contributed by atoms with Gasteiger partial charge in [0.15, 0.2) is 0 Å². The van der Waals surface area contributed by atoms with E-state index in [2.05, 4.69) is 4.98 Å². The highest BCUT2D eigenvalue weighted by Crippen LogP contribution is 2.19. The minimum absolute atomic E-state index is 0.575. The molecule has 0 spiro atoms. The van der Waals surface area contributed by atoms with Gasteiger partial charge < -0.3 is 5.73 Å². The maximum Gasteiger partial charge on any atom is 0.0862 e. The van der Waals surface area contributed by atoms with E-state index in [0.717, 1.165) is 0 Å².